The first-order chi connectivity index (χ1) is 7.99. The van der Waals surface area contributed by atoms with Crippen molar-refractivity contribution in [1.29, 1.82) is 0 Å². The molecule has 94 valence electrons. The molecular weight excluding hydrogens is 232 g/mol. The minimum Gasteiger partial charge on any atom is -0.398 e. The SMILES string of the molecule is Cc1sc(C(=O)N2CCC(C)CC2C)cc1N. The van der Waals surface area contributed by atoms with Crippen molar-refractivity contribution >= 4 is 22.9 Å². The Bertz CT molecular complexity index is 408. The topological polar surface area (TPSA) is 46.3 Å². The molecule has 2 rings (SSSR count). The quantitative estimate of drug-likeness (QED) is 0.835. The predicted octanol–water partition coefficient (Wildman–Crippen LogP) is 2.90. The number of hydrogen-bond donors (Lipinski definition) is 1. The van der Waals surface area contributed by atoms with Gasteiger partial charge >= 0.3 is 0 Å². The lowest BCUT2D eigenvalue weighted by molar-refractivity contribution is 0.0593. The van der Waals surface area contributed by atoms with Crippen molar-refractivity contribution in [2.24, 2.45) is 5.92 Å². The van der Waals surface area contributed by atoms with Crippen molar-refractivity contribution in [2.75, 3.05) is 12.3 Å². The number of nitrogens with zero attached hydrogens (tertiary/aromatic N) is 1. The molecule has 1 aliphatic heterocycles. The molecule has 2 atom stereocenters. The van der Waals surface area contributed by atoms with E-state index in [2.05, 4.69) is 13.8 Å². The molecule has 0 spiro atoms. The van der Waals surface area contributed by atoms with Crippen LogP contribution in [0.25, 0.3) is 0 Å². The zero-order chi connectivity index (χ0) is 12.6. The highest BCUT2D eigenvalue weighted by Crippen LogP contribution is 2.28. The number of thiophene rings is 1. The number of carbonyl (C=O) groups is 1. The van der Waals surface area contributed by atoms with Gasteiger partial charge in [0.05, 0.1) is 4.88 Å². The molecular formula is C13H20N2OS. The number of nitrogens with two attached hydrogens (primary N) is 1. The number of carbonyl (C=O) groups excluding carboxylic acids is 1. The first kappa shape index (κ1) is 12.4. The molecule has 1 aliphatic rings. The fourth-order valence-corrected chi connectivity index (χ4v) is 3.35. The monoisotopic (exact) mass is 252 g/mol. The van der Waals surface area contributed by atoms with E-state index in [0.29, 0.717) is 6.04 Å². The smallest absolute Gasteiger partial charge is 0.264 e. The summed E-state index contributed by atoms with van der Waals surface area (Å²) in [4.78, 5) is 16.2. The number of amides is 1. The third kappa shape index (κ3) is 2.46. The van der Waals surface area contributed by atoms with Crippen LogP contribution in [0.15, 0.2) is 6.07 Å². The molecule has 2 unspecified atom stereocenters. The third-order valence-electron chi connectivity index (χ3n) is 3.57. The van der Waals surface area contributed by atoms with Gasteiger partial charge in [-0.15, -0.1) is 11.3 Å². The molecule has 1 saturated heterocycles. The zero-order valence-corrected chi connectivity index (χ0v) is 11.5. The summed E-state index contributed by atoms with van der Waals surface area (Å²) < 4.78 is 0. The van der Waals surface area contributed by atoms with E-state index in [4.69, 9.17) is 5.73 Å². The second-order valence-corrected chi connectivity index (χ2v) is 6.36. The van der Waals surface area contributed by atoms with E-state index in [0.717, 1.165) is 40.7 Å². The molecule has 4 heteroatoms. The summed E-state index contributed by atoms with van der Waals surface area (Å²) in [6.07, 6.45) is 2.21. The van der Waals surface area contributed by atoms with Crippen molar-refractivity contribution in [3.63, 3.8) is 0 Å². The highest BCUT2D eigenvalue weighted by atomic mass is 32.1. The Hall–Kier alpha value is -1.03. The molecule has 2 N–H and O–H groups in total. The van der Waals surface area contributed by atoms with E-state index < -0.39 is 0 Å². The fraction of sp³-hybridized carbons (Fsp3) is 0.615. The van der Waals surface area contributed by atoms with E-state index in [-0.39, 0.29) is 5.91 Å². The van der Waals surface area contributed by atoms with Gasteiger partial charge in [0.25, 0.3) is 5.91 Å². The van der Waals surface area contributed by atoms with Crippen LogP contribution in [-0.4, -0.2) is 23.4 Å². The molecule has 0 bridgehead atoms. The van der Waals surface area contributed by atoms with Crippen molar-refractivity contribution < 1.29 is 4.79 Å². The van der Waals surface area contributed by atoms with Crippen LogP contribution < -0.4 is 5.73 Å². The summed E-state index contributed by atoms with van der Waals surface area (Å²) in [5, 5.41) is 0. The predicted molar refractivity (Wildman–Crippen MR) is 72.4 cm³/mol. The van der Waals surface area contributed by atoms with E-state index in [9.17, 15) is 4.79 Å². The maximum Gasteiger partial charge on any atom is 0.264 e. The van der Waals surface area contributed by atoms with Crippen LogP contribution in [0.4, 0.5) is 5.69 Å². The Morgan fingerprint density at radius 2 is 2.24 bits per heavy atom. The van der Waals surface area contributed by atoms with Crippen LogP contribution in [0.5, 0.6) is 0 Å². The summed E-state index contributed by atoms with van der Waals surface area (Å²) in [5.41, 5.74) is 6.54. The fourth-order valence-electron chi connectivity index (χ4n) is 2.45. The van der Waals surface area contributed by atoms with Gasteiger partial charge in [-0.1, -0.05) is 6.92 Å². The minimum absolute atomic E-state index is 0.147. The summed E-state index contributed by atoms with van der Waals surface area (Å²) in [7, 11) is 0. The van der Waals surface area contributed by atoms with Gasteiger partial charge in [0.2, 0.25) is 0 Å². The molecule has 0 aliphatic carbocycles. The number of anilines is 1. The maximum absolute atomic E-state index is 12.4. The van der Waals surface area contributed by atoms with Gasteiger partial charge in [-0.25, -0.2) is 0 Å². The number of aryl methyl sites for hydroxylation is 1. The van der Waals surface area contributed by atoms with Crippen LogP contribution in [-0.2, 0) is 0 Å². The Kier molecular flexibility index (Phi) is 3.43. The summed E-state index contributed by atoms with van der Waals surface area (Å²) in [5.74, 6) is 0.874. The number of likely N-dealkylation sites (tertiary alicyclic amines) is 1. The van der Waals surface area contributed by atoms with E-state index in [1.165, 1.54) is 11.3 Å². The molecule has 17 heavy (non-hydrogen) atoms. The van der Waals surface area contributed by atoms with Crippen molar-refractivity contribution in [2.45, 2.75) is 39.7 Å². The molecule has 3 nitrogen and oxygen atoms in total. The molecule has 0 radical (unpaired) electrons. The first-order valence-electron chi connectivity index (χ1n) is 6.16. The summed E-state index contributed by atoms with van der Waals surface area (Å²) in [6, 6.07) is 2.16. The average molecular weight is 252 g/mol. The summed E-state index contributed by atoms with van der Waals surface area (Å²) >= 11 is 1.50. The van der Waals surface area contributed by atoms with Crippen molar-refractivity contribution in [3.05, 3.63) is 15.8 Å². The number of piperidine rings is 1. The van der Waals surface area contributed by atoms with Crippen molar-refractivity contribution in [3.8, 4) is 0 Å². The molecule has 0 saturated carbocycles. The average Bonchev–Trinajstić information content (AvgIpc) is 2.58. The van der Waals surface area contributed by atoms with E-state index in [1.54, 1.807) is 0 Å². The molecule has 1 amide bonds. The summed E-state index contributed by atoms with van der Waals surface area (Å²) in [6.45, 7) is 7.22. The Balaban J connectivity index is 2.14. The van der Waals surface area contributed by atoms with Crippen LogP contribution in [0.2, 0.25) is 0 Å². The molecule has 1 aromatic rings. The van der Waals surface area contributed by atoms with Gasteiger partial charge in [-0.2, -0.15) is 0 Å². The van der Waals surface area contributed by atoms with Gasteiger partial charge in [0.1, 0.15) is 0 Å². The van der Waals surface area contributed by atoms with Crippen LogP contribution >= 0.6 is 11.3 Å². The first-order valence-corrected chi connectivity index (χ1v) is 6.97. The number of hydrogen-bond acceptors (Lipinski definition) is 3. The lowest BCUT2D eigenvalue weighted by atomic mass is 9.93. The largest absolute Gasteiger partial charge is 0.398 e. The normalized spacial score (nSPS) is 25.0. The molecule has 1 aromatic heterocycles. The lowest BCUT2D eigenvalue weighted by Crippen LogP contribution is -2.43. The van der Waals surface area contributed by atoms with Crippen LogP contribution in [0.1, 0.15) is 41.2 Å². The van der Waals surface area contributed by atoms with Gasteiger partial charge in [0.15, 0.2) is 0 Å². The molecule has 1 fully saturated rings. The van der Waals surface area contributed by atoms with Gasteiger partial charge in [-0.05, 0) is 38.7 Å². The molecule has 0 aromatic carbocycles. The van der Waals surface area contributed by atoms with Gasteiger partial charge in [0, 0.05) is 23.2 Å². The minimum atomic E-state index is 0.147. The third-order valence-corrected chi connectivity index (χ3v) is 4.62. The zero-order valence-electron chi connectivity index (χ0n) is 10.7. The highest BCUT2D eigenvalue weighted by molar-refractivity contribution is 7.14. The number of rotatable bonds is 1. The standard InChI is InChI=1S/C13H20N2OS/c1-8-4-5-15(9(2)6-8)13(16)12-7-11(14)10(3)17-12/h7-9H,4-6,14H2,1-3H3. The second kappa shape index (κ2) is 4.69. The highest BCUT2D eigenvalue weighted by Gasteiger charge is 2.28. The maximum atomic E-state index is 12.4. The van der Waals surface area contributed by atoms with Crippen LogP contribution in [0.3, 0.4) is 0 Å². The van der Waals surface area contributed by atoms with Crippen LogP contribution in [0, 0.1) is 12.8 Å². The Morgan fingerprint density at radius 3 is 2.76 bits per heavy atom. The van der Waals surface area contributed by atoms with E-state index in [1.807, 2.05) is 17.9 Å². The second-order valence-electron chi connectivity index (χ2n) is 5.10. The lowest BCUT2D eigenvalue weighted by Gasteiger charge is -2.36. The van der Waals surface area contributed by atoms with Gasteiger partial charge < -0.3 is 10.6 Å². The Labute approximate surface area is 107 Å². The number of nitrogen functional groups attached to an aromatic ring is 1. The van der Waals surface area contributed by atoms with Gasteiger partial charge in [-0.3, -0.25) is 4.79 Å². The van der Waals surface area contributed by atoms with Crippen molar-refractivity contribution in [1.82, 2.24) is 4.90 Å². The molecule has 2 heterocycles. The Morgan fingerprint density at radius 1 is 1.53 bits per heavy atom. The van der Waals surface area contributed by atoms with E-state index >= 15 is 0 Å².